The van der Waals surface area contributed by atoms with E-state index in [9.17, 15) is 13.2 Å². The Kier molecular flexibility index (Phi) is 4.89. The standard InChI is InChI=1S/C6H13NO5S/c1-11-6(8)5(7)3-4-12-13(2,9)10/h5H,3-4,7H2,1-2H3/t5-/m0/s1. The molecule has 0 spiro atoms. The number of hydrogen-bond acceptors (Lipinski definition) is 6. The van der Waals surface area contributed by atoms with E-state index in [1.807, 2.05) is 0 Å². The largest absolute Gasteiger partial charge is 0.468 e. The van der Waals surface area contributed by atoms with Gasteiger partial charge in [-0.3, -0.25) is 8.98 Å². The summed E-state index contributed by atoms with van der Waals surface area (Å²) in [6, 6.07) is -0.841. The van der Waals surface area contributed by atoms with E-state index in [0.29, 0.717) is 0 Å². The van der Waals surface area contributed by atoms with Crippen LogP contribution in [0.3, 0.4) is 0 Å². The van der Waals surface area contributed by atoms with E-state index in [0.717, 1.165) is 6.26 Å². The molecule has 0 fully saturated rings. The van der Waals surface area contributed by atoms with Gasteiger partial charge in [-0.25, -0.2) is 0 Å². The number of methoxy groups -OCH3 is 1. The first-order valence-electron chi connectivity index (χ1n) is 3.54. The molecule has 1 atom stereocenters. The van der Waals surface area contributed by atoms with Crippen LogP contribution in [0, 0.1) is 0 Å². The smallest absolute Gasteiger partial charge is 0.322 e. The van der Waals surface area contributed by atoms with Gasteiger partial charge in [0.2, 0.25) is 0 Å². The molecule has 0 heterocycles. The summed E-state index contributed by atoms with van der Waals surface area (Å²) < 4.78 is 29.7. The van der Waals surface area contributed by atoms with Crippen molar-refractivity contribution >= 4 is 16.1 Å². The van der Waals surface area contributed by atoms with Crippen molar-refractivity contribution in [1.82, 2.24) is 0 Å². The maximum Gasteiger partial charge on any atom is 0.322 e. The number of nitrogens with two attached hydrogens (primary N) is 1. The lowest BCUT2D eigenvalue weighted by Gasteiger charge is -2.07. The Morgan fingerprint density at radius 2 is 2.08 bits per heavy atom. The zero-order valence-electron chi connectivity index (χ0n) is 7.52. The van der Waals surface area contributed by atoms with Gasteiger partial charge in [0, 0.05) is 0 Å². The van der Waals surface area contributed by atoms with Crippen molar-refractivity contribution in [1.29, 1.82) is 0 Å². The summed E-state index contributed by atoms with van der Waals surface area (Å²) >= 11 is 0. The van der Waals surface area contributed by atoms with Gasteiger partial charge in [0.05, 0.1) is 20.0 Å². The van der Waals surface area contributed by atoms with Crippen LogP contribution < -0.4 is 5.73 Å². The fourth-order valence-corrected chi connectivity index (χ4v) is 0.995. The monoisotopic (exact) mass is 211 g/mol. The van der Waals surface area contributed by atoms with Gasteiger partial charge in [0.15, 0.2) is 0 Å². The van der Waals surface area contributed by atoms with E-state index in [1.165, 1.54) is 7.11 Å². The van der Waals surface area contributed by atoms with Gasteiger partial charge in [0.1, 0.15) is 6.04 Å². The van der Waals surface area contributed by atoms with Gasteiger partial charge in [-0.15, -0.1) is 0 Å². The fourth-order valence-electron chi connectivity index (χ4n) is 0.596. The molecule has 0 aliphatic heterocycles. The second-order valence-electron chi connectivity index (χ2n) is 2.44. The van der Waals surface area contributed by atoms with Gasteiger partial charge < -0.3 is 10.5 Å². The molecule has 0 rings (SSSR count). The SMILES string of the molecule is COC(=O)[C@@H](N)CCOS(C)(=O)=O. The molecule has 0 aliphatic carbocycles. The van der Waals surface area contributed by atoms with Crippen molar-refractivity contribution in [2.24, 2.45) is 5.73 Å². The quantitative estimate of drug-likeness (QED) is 0.456. The van der Waals surface area contributed by atoms with E-state index in [2.05, 4.69) is 8.92 Å². The minimum atomic E-state index is -3.46. The molecule has 6 nitrogen and oxygen atoms in total. The molecule has 0 radical (unpaired) electrons. The zero-order valence-corrected chi connectivity index (χ0v) is 8.33. The van der Waals surface area contributed by atoms with Gasteiger partial charge in [-0.05, 0) is 6.42 Å². The van der Waals surface area contributed by atoms with E-state index in [1.54, 1.807) is 0 Å². The number of ether oxygens (including phenoxy) is 1. The Hall–Kier alpha value is -0.660. The summed E-state index contributed by atoms with van der Waals surface area (Å²) in [5, 5.41) is 0. The molecule has 0 amide bonds. The highest BCUT2D eigenvalue weighted by Gasteiger charge is 2.14. The molecule has 13 heavy (non-hydrogen) atoms. The van der Waals surface area contributed by atoms with Gasteiger partial charge in [0.25, 0.3) is 10.1 Å². The van der Waals surface area contributed by atoms with Gasteiger partial charge in [-0.1, -0.05) is 0 Å². The molecule has 0 aliphatic rings. The Morgan fingerprint density at radius 3 is 2.46 bits per heavy atom. The molecule has 0 aromatic carbocycles. The highest BCUT2D eigenvalue weighted by Crippen LogP contribution is 1.95. The van der Waals surface area contributed by atoms with Crippen molar-refractivity contribution in [2.45, 2.75) is 12.5 Å². The Bertz CT molecular complexity index is 260. The maximum absolute atomic E-state index is 10.7. The summed E-state index contributed by atoms with van der Waals surface area (Å²) in [6.07, 6.45) is 1.04. The second-order valence-corrected chi connectivity index (χ2v) is 4.09. The van der Waals surface area contributed by atoms with E-state index < -0.39 is 22.1 Å². The van der Waals surface area contributed by atoms with E-state index >= 15 is 0 Å². The summed E-state index contributed by atoms with van der Waals surface area (Å²) in [6.45, 7) is -0.116. The van der Waals surface area contributed by atoms with Crippen LogP contribution in [0.5, 0.6) is 0 Å². The predicted molar refractivity (Wildman–Crippen MR) is 45.4 cm³/mol. The number of carbonyl (C=O) groups is 1. The van der Waals surface area contributed by atoms with Crippen molar-refractivity contribution in [2.75, 3.05) is 20.0 Å². The molecule has 78 valence electrons. The number of esters is 1. The highest BCUT2D eigenvalue weighted by molar-refractivity contribution is 7.85. The zero-order chi connectivity index (χ0) is 10.5. The van der Waals surface area contributed by atoms with Crippen molar-refractivity contribution in [3.63, 3.8) is 0 Å². The lowest BCUT2D eigenvalue weighted by atomic mass is 10.2. The van der Waals surface area contributed by atoms with Crippen molar-refractivity contribution in [3.05, 3.63) is 0 Å². The summed E-state index contributed by atoms with van der Waals surface area (Å²) in [5.74, 6) is -0.586. The Morgan fingerprint density at radius 1 is 1.54 bits per heavy atom. The van der Waals surface area contributed by atoms with Crippen LogP contribution in [0.4, 0.5) is 0 Å². The Balaban J connectivity index is 3.72. The third-order valence-corrected chi connectivity index (χ3v) is 1.83. The first-order valence-corrected chi connectivity index (χ1v) is 5.36. The molecular formula is C6H13NO5S. The van der Waals surface area contributed by atoms with Crippen LogP contribution >= 0.6 is 0 Å². The molecule has 7 heteroatoms. The summed E-state index contributed by atoms with van der Waals surface area (Å²) in [7, 11) is -2.25. The highest BCUT2D eigenvalue weighted by atomic mass is 32.2. The van der Waals surface area contributed by atoms with E-state index in [4.69, 9.17) is 5.73 Å². The molecule has 0 saturated carbocycles. The first kappa shape index (κ1) is 12.3. The van der Waals surface area contributed by atoms with Crippen molar-refractivity contribution < 1.29 is 22.1 Å². The normalized spacial score (nSPS) is 13.8. The first-order chi connectivity index (χ1) is 5.87. The van der Waals surface area contributed by atoms with Gasteiger partial charge >= 0.3 is 5.97 Å². The summed E-state index contributed by atoms with van der Waals surface area (Å²) in [4.78, 5) is 10.7. The molecular weight excluding hydrogens is 198 g/mol. The molecule has 0 saturated heterocycles. The number of rotatable bonds is 5. The van der Waals surface area contributed by atoms with Crippen LogP contribution in [0.25, 0.3) is 0 Å². The van der Waals surface area contributed by atoms with E-state index in [-0.39, 0.29) is 13.0 Å². The third kappa shape index (κ3) is 6.50. The number of carbonyl (C=O) groups excluding carboxylic acids is 1. The third-order valence-electron chi connectivity index (χ3n) is 1.23. The fraction of sp³-hybridized carbons (Fsp3) is 0.833. The molecule has 2 N–H and O–H groups in total. The average molecular weight is 211 g/mol. The molecule has 0 bridgehead atoms. The van der Waals surface area contributed by atoms with Crippen LogP contribution in [0.2, 0.25) is 0 Å². The molecule has 0 aromatic heterocycles. The minimum Gasteiger partial charge on any atom is -0.468 e. The Labute approximate surface area is 77.1 Å². The van der Waals surface area contributed by atoms with Crippen LogP contribution in [-0.2, 0) is 23.8 Å². The topological polar surface area (TPSA) is 95.7 Å². The minimum absolute atomic E-state index is 0.111. The second kappa shape index (κ2) is 5.15. The summed E-state index contributed by atoms with van der Waals surface area (Å²) in [5.41, 5.74) is 5.31. The molecule has 0 unspecified atom stereocenters. The van der Waals surface area contributed by atoms with Crippen LogP contribution in [0.1, 0.15) is 6.42 Å². The lowest BCUT2D eigenvalue weighted by molar-refractivity contribution is -0.142. The molecule has 0 aromatic rings. The number of hydrogen-bond donors (Lipinski definition) is 1. The van der Waals surface area contributed by atoms with Crippen molar-refractivity contribution in [3.8, 4) is 0 Å². The average Bonchev–Trinajstić information content (AvgIpc) is 2.00. The van der Waals surface area contributed by atoms with Crippen LogP contribution in [0.15, 0.2) is 0 Å². The predicted octanol–water partition coefficient (Wildman–Crippen LogP) is -1.15. The lowest BCUT2D eigenvalue weighted by Crippen LogP contribution is -2.32. The van der Waals surface area contributed by atoms with Gasteiger partial charge in [-0.2, -0.15) is 8.42 Å². The maximum atomic E-state index is 10.7. The van der Waals surface area contributed by atoms with Crippen LogP contribution in [-0.4, -0.2) is 40.4 Å².